The fourth-order valence-electron chi connectivity index (χ4n) is 2.83. The van der Waals surface area contributed by atoms with Crippen LogP contribution in [0.1, 0.15) is 31.2 Å². The molecule has 3 rings (SSSR count). The molecule has 132 valence electrons. The van der Waals surface area contributed by atoms with Crippen LogP contribution in [0.4, 0.5) is 5.69 Å². The van der Waals surface area contributed by atoms with Crippen LogP contribution in [0.25, 0.3) is 6.08 Å². The van der Waals surface area contributed by atoms with E-state index in [0.29, 0.717) is 15.6 Å². The van der Waals surface area contributed by atoms with Gasteiger partial charge >= 0.3 is 5.69 Å². The smallest absolute Gasteiger partial charge is 0.315 e. The number of hydrogen-bond donors (Lipinski definition) is 2. The van der Waals surface area contributed by atoms with Gasteiger partial charge in [0.15, 0.2) is 10.9 Å². The van der Waals surface area contributed by atoms with Crippen molar-refractivity contribution in [3.8, 4) is 11.5 Å². The summed E-state index contributed by atoms with van der Waals surface area (Å²) in [5.74, 6) is -0.859. The molecule has 1 heterocycles. The number of rotatable bonds is 4. The quantitative estimate of drug-likeness (QED) is 0.483. The second-order valence-electron chi connectivity index (χ2n) is 5.79. The summed E-state index contributed by atoms with van der Waals surface area (Å²) in [5.41, 5.74) is -0.0874. The molecular formula is C16H17N3O5S. The Kier molecular flexibility index (Phi) is 4.93. The number of nitro benzene ring substituents is 1. The average Bonchev–Trinajstić information content (AvgIpc) is 3.19. The Bertz CT molecular complexity index is 784. The first-order chi connectivity index (χ1) is 12.0. The second kappa shape index (κ2) is 7.14. The normalized spacial score (nSPS) is 21.1. The fraction of sp³-hybridized carbons (Fsp3) is 0.375. The van der Waals surface area contributed by atoms with E-state index in [4.69, 9.17) is 4.74 Å². The van der Waals surface area contributed by atoms with Crippen molar-refractivity contribution in [2.24, 2.45) is 4.99 Å². The standard InChI is InChI=1S/C16H17N3O5S/c1-24-12-7-9(6-11(14(12)20)19(22)23)8-13-15(21)18-16(25-13)17-10-4-2-3-5-10/h6-8,10,20H,2-5H2,1H3,(H,17,18,21)/b13-8+. The van der Waals surface area contributed by atoms with E-state index in [9.17, 15) is 20.0 Å². The molecule has 0 radical (unpaired) electrons. The van der Waals surface area contributed by atoms with Gasteiger partial charge in [0, 0.05) is 6.07 Å². The van der Waals surface area contributed by atoms with Crippen LogP contribution in [0.2, 0.25) is 0 Å². The van der Waals surface area contributed by atoms with Crippen LogP contribution in [0.3, 0.4) is 0 Å². The van der Waals surface area contributed by atoms with Gasteiger partial charge in [-0.1, -0.05) is 12.8 Å². The summed E-state index contributed by atoms with van der Waals surface area (Å²) in [6.45, 7) is 0. The zero-order chi connectivity index (χ0) is 18.0. The van der Waals surface area contributed by atoms with Gasteiger partial charge in [0.25, 0.3) is 5.91 Å². The molecule has 0 unspecified atom stereocenters. The van der Waals surface area contributed by atoms with Crippen LogP contribution >= 0.6 is 11.8 Å². The molecule has 25 heavy (non-hydrogen) atoms. The topological polar surface area (TPSA) is 114 Å². The number of methoxy groups -OCH3 is 1. The predicted molar refractivity (Wildman–Crippen MR) is 94.7 cm³/mol. The molecule has 1 aromatic rings. The molecule has 0 bridgehead atoms. The fourth-order valence-corrected chi connectivity index (χ4v) is 3.72. The lowest BCUT2D eigenvalue weighted by Crippen LogP contribution is -2.21. The molecule has 2 aliphatic rings. The molecule has 1 amide bonds. The molecular weight excluding hydrogens is 346 g/mol. The molecule has 1 aliphatic carbocycles. The summed E-state index contributed by atoms with van der Waals surface area (Å²) in [5, 5.41) is 24.1. The number of carbonyl (C=O) groups excluding carboxylic acids is 1. The summed E-state index contributed by atoms with van der Waals surface area (Å²) in [6.07, 6.45) is 5.88. The zero-order valence-electron chi connectivity index (χ0n) is 13.5. The Hall–Kier alpha value is -2.55. The molecule has 0 atom stereocenters. The van der Waals surface area contributed by atoms with Gasteiger partial charge in [0.1, 0.15) is 0 Å². The minimum absolute atomic E-state index is 0.0238. The Labute approximate surface area is 148 Å². The summed E-state index contributed by atoms with van der Waals surface area (Å²) < 4.78 is 4.96. The lowest BCUT2D eigenvalue weighted by Gasteiger charge is -2.05. The molecule has 1 aliphatic heterocycles. The first-order valence-corrected chi connectivity index (χ1v) is 8.63. The minimum atomic E-state index is -0.700. The first kappa shape index (κ1) is 17.3. The summed E-state index contributed by atoms with van der Waals surface area (Å²) in [7, 11) is 1.30. The molecule has 0 spiro atoms. The summed E-state index contributed by atoms with van der Waals surface area (Å²) in [6, 6.07) is 2.89. The molecule has 1 saturated carbocycles. The van der Waals surface area contributed by atoms with Crippen LogP contribution in [0.5, 0.6) is 11.5 Å². The van der Waals surface area contributed by atoms with Gasteiger partial charge in [-0.2, -0.15) is 0 Å². The van der Waals surface area contributed by atoms with Crippen molar-refractivity contribution in [1.29, 1.82) is 0 Å². The maximum Gasteiger partial charge on any atom is 0.315 e. The summed E-state index contributed by atoms with van der Waals surface area (Å²) >= 11 is 1.21. The SMILES string of the molecule is COc1cc(/C=C2/SC(=NC3CCCC3)NC2=O)cc([N+](=O)[O-])c1O. The largest absolute Gasteiger partial charge is 0.500 e. The van der Waals surface area contributed by atoms with Crippen molar-refractivity contribution >= 4 is 34.6 Å². The molecule has 8 nitrogen and oxygen atoms in total. The number of phenolic OH excluding ortho intramolecular Hbond substituents is 1. The number of amidine groups is 1. The van der Waals surface area contributed by atoms with Gasteiger partial charge < -0.3 is 15.2 Å². The number of aliphatic imine (C=N–C) groups is 1. The van der Waals surface area contributed by atoms with Crippen LogP contribution in [-0.2, 0) is 4.79 Å². The highest BCUT2D eigenvalue weighted by Gasteiger charge is 2.26. The lowest BCUT2D eigenvalue weighted by molar-refractivity contribution is -0.386. The lowest BCUT2D eigenvalue weighted by atomic mass is 10.1. The highest BCUT2D eigenvalue weighted by molar-refractivity contribution is 8.18. The highest BCUT2D eigenvalue weighted by atomic mass is 32.2. The number of nitro groups is 1. The molecule has 2 fully saturated rings. The molecule has 1 aromatic carbocycles. The average molecular weight is 363 g/mol. The monoisotopic (exact) mass is 363 g/mol. The number of thioether (sulfide) groups is 1. The first-order valence-electron chi connectivity index (χ1n) is 7.82. The predicted octanol–water partition coefficient (Wildman–Crippen LogP) is 2.81. The van der Waals surface area contributed by atoms with Crippen molar-refractivity contribution in [3.05, 3.63) is 32.7 Å². The van der Waals surface area contributed by atoms with E-state index >= 15 is 0 Å². The van der Waals surface area contributed by atoms with Gasteiger partial charge in [0.05, 0.1) is 23.0 Å². The van der Waals surface area contributed by atoms with Gasteiger partial charge in [-0.15, -0.1) is 0 Å². The minimum Gasteiger partial charge on any atom is -0.500 e. The highest BCUT2D eigenvalue weighted by Crippen LogP contribution is 2.38. The number of nitrogens with one attached hydrogen (secondary N) is 1. The number of aromatic hydroxyl groups is 1. The van der Waals surface area contributed by atoms with Crippen LogP contribution in [-0.4, -0.2) is 34.3 Å². The van der Waals surface area contributed by atoms with E-state index in [-0.39, 0.29) is 17.7 Å². The van der Waals surface area contributed by atoms with Gasteiger partial charge in [-0.3, -0.25) is 19.9 Å². The molecule has 2 N–H and O–H groups in total. The van der Waals surface area contributed by atoms with Crippen LogP contribution in [0, 0.1) is 10.1 Å². The number of benzene rings is 1. The van der Waals surface area contributed by atoms with Crippen molar-refractivity contribution in [3.63, 3.8) is 0 Å². The number of amides is 1. The Morgan fingerprint density at radius 1 is 1.44 bits per heavy atom. The van der Waals surface area contributed by atoms with E-state index in [1.807, 2.05) is 0 Å². The van der Waals surface area contributed by atoms with E-state index in [0.717, 1.165) is 25.7 Å². The molecule has 1 saturated heterocycles. The number of carbonyl (C=O) groups is 1. The van der Waals surface area contributed by atoms with E-state index < -0.39 is 16.4 Å². The van der Waals surface area contributed by atoms with Crippen molar-refractivity contribution in [1.82, 2.24) is 5.32 Å². The van der Waals surface area contributed by atoms with Crippen LogP contribution < -0.4 is 10.1 Å². The van der Waals surface area contributed by atoms with E-state index in [2.05, 4.69) is 10.3 Å². The van der Waals surface area contributed by atoms with E-state index in [1.165, 1.54) is 37.1 Å². The third-order valence-corrected chi connectivity index (χ3v) is 4.99. The third kappa shape index (κ3) is 3.76. The second-order valence-corrected chi connectivity index (χ2v) is 6.82. The maximum absolute atomic E-state index is 12.1. The Morgan fingerprint density at radius 3 is 2.80 bits per heavy atom. The van der Waals surface area contributed by atoms with Crippen LogP contribution in [0.15, 0.2) is 22.0 Å². The number of phenols is 1. The van der Waals surface area contributed by atoms with Gasteiger partial charge in [0.2, 0.25) is 5.75 Å². The Morgan fingerprint density at radius 2 is 2.16 bits per heavy atom. The molecule has 0 aromatic heterocycles. The van der Waals surface area contributed by atoms with Crippen molar-refractivity contribution < 1.29 is 19.6 Å². The summed E-state index contributed by atoms with van der Waals surface area (Å²) in [4.78, 5) is 27.4. The number of nitrogens with zero attached hydrogens (tertiary/aromatic N) is 2. The third-order valence-electron chi connectivity index (χ3n) is 4.07. The van der Waals surface area contributed by atoms with Gasteiger partial charge in [-0.05, 0) is 42.3 Å². The molecule has 9 heteroatoms. The maximum atomic E-state index is 12.1. The number of ether oxygens (including phenoxy) is 1. The van der Waals surface area contributed by atoms with E-state index in [1.54, 1.807) is 0 Å². The van der Waals surface area contributed by atoms with Gasteiger partial charge in [-0.25, -0.2) is 0 Å². The zero-order valence-corrected chi connectivity index (χ0v) is 14.3. The number of hydrogen-bond acceptors (Lipinski definition) is 7. The van der Waals surface area contributed by atoms with Crippen molar-refractivity contribution in [2.75, 3.05) is 7.11 Å². The van der Waals surface area contributed by atoms with Crippen molar-refractivity contribution in [2.45, 2.75) is 31.7 Å². The Balaban J connectivity index is 1.88.